The van der Waals surface area contributed by atoms with E-state index in [0.29, 0.717) is 5.02 Å². The largest absolute Gasteiger partial charge is 0.477 e. The lowest BCUT2D eigenvalue weighted by Gasteiger charge is -2.10. The third-order valence-electron chi connectivity index (χ3n) is 2.62. The van der Waals surface area contributed by atoms with Crippen molar-refractivity contribution >= 4 is 17.6 Å². The Bertz CT molecular complexity index is 587. The van der Waals surface area contributed by atoms with Gasteiger partial charge in [-0.15, -0.1) is 0 Å². The second kappa shape index (κ2) is 4.26. The molecule has 0 fully saturated rings. The van der Waals surface area contributed by atoms with Crippen LogP contribution in [0.3, 0.4) is 0 Å². The molecule has 1 aromatic heterocycles. The molecule has 17 heavy (non-hydrogen) atoms. The van der Waals surface area contributed by atoms with Gasteiger partial charge in [-0.25, -0.2) is 4.79 Å². The second-order valence-electron chi connectivity index (χ2n) is 4.01. The lowest BCUT2D eigenvalue weighted by molar-refractivity contribution is 0.0688. The molecule has 1 aromatic carbocycles. The van der Waals surface area contributed by atoms with E-state index in [4.69, 9.17) is 16.7 Å². The molecule has 0 saturated heterocycles. The van der Waals surface area contributed by atoms with E-state index in [-0.39, 0.29) is 5.69 Å². The Kier molecular flexibility index (Phi) is 2.94. The van der Waals surface area contributed by atoms with Gasteiger partial charge in [-0.05, 0) is 31.5 Å². The number of nitrogens with zero attached hydrogens (tertiary/aromatic N) is 1. The predicted octanol–water partition coefficient (Wildman–Crippen LogP) is 3.45. The minimum Gasteiger partial charge on any atom is -0.477 e. The molecule has 0 bridgehead atoms. The fourth-order valence-corrected chi connectivity index (χ4v) is 2.07. The van der Waals surface area contributed by atoms with Gasteiger partial charge in [0.05, 0.1) is 5.02 Å². The van der Waals surface area contributed by atoms with Crippen LogP contribution in [0.4, 0.5) is 0 Å². The van der Waals surface area contributed by atoms with Crippen LogP contribution >= 0.6 is 11.6 Å². The molecule has 0 aliphatic rings. The fraction of sp³-hybridized carbons (Fsp3) is 0.154. The maximum absolute atomic E-state index is 11.1. The van der Waals surface area contributed by atoms with Crippen LogP contribution in [-0.2, 0) is 0 Å². The average Bonchev–Trinajstić information content (AvgIpc) is 2.60. The Morgan fingerprint density at radius 3 is 2.59 bits per heavy atom. The van der Waals surface area contributed by atoms with Crippen molar-refractivity contribution < 1.29 is 9.90 Å². The van der Waals surface area contributed by atoms with Crippen LogP contribution in [0.5, 0.6) is 0 Å². The number of halogens is 1. The summed E-state index contributed by atoms with van der Waals surface area (Å²) in [4.78, 5) is 11.1. The van der Waals surface area contributed by atoms with E-state index in [1.165, 1.54) is 6.07 Å². The van der Waals surface area contributed by atoms with Gasteiger partial charge in [-0.2, -0.15) is 0 Å². The molecule has 0 aliphatic carbocycles. The summed E-state index contributed by atoms with van der Waals surface area (Å²) in [5.74, 6) is -0.989. The van der Waals surface area contributed by atoms with Gasteiger partial charge in [0.1, 0.15) is 5.69 Å². The van der Waals surface area contributed by atoms with Crippen LogP contribution in [0.2, 0.25) is 5.02 Å². The molecule has 0 aliphatic heterocycles. The highest BCUT2D eigenvalue weighted by molar-refractivity contribution is 6.31. The highest BCUT2D eigenvalue weighted by Crippen LogP contribution is 2.22. The fourth-order valence-electron chi connectivity index (χ4n) is 1.87. The van der Waals surface area contributed by atoms with Crippen molar-refractivity contribution in [1.29, 1.82) is 0 Å². The SMILES string of the molecule is Cc1ccc(-n2cc(Cl)cc2C(=O)O)c(C)c1. The van der Waals surface area contributed by atoms with Gasteiger partial charge in [0.15, 0.2) is 0 Å². The first-order chi connectivity index (χ1) is 7.99. The third kappa shape index (κ3) is 2.19. The quantitative estimate of drug-likeness (QED) is 0.886. The van der Waals surface area contributed by atoms with Crippen molar-refractivity contribution in [2.45, 2.75) is 13.8 Å². The lowest BCUT2D eigenvalue weighted by Crippen LogP contribution is -2.06. The van der Waals surface area contributed by atoms with Crippen molar-refractivity contribution in [3.63, 3.8) is 0 Å². The number of benzene rings is 1. The van der Waals surface area contributed by atoms with Crippen LogP contribution in [0, 0.1) is 13.8 Å². The number of rotatable bonds is 2. The minimum absolute atomic E-state index is 0.168. The molecule has 88 valence electrons. The van der Waals surface area contributed by atoms with Crippen molar-refractivity contribution in [2.75, 3.05) is 0 Å². The van der Waals surface area contributed by atoms with E-state index in [9.17, 15) is 4.79 Å². The first-order valence-electron chi connectivity index (χ1n) is 5.18. The number of carbonyl (C=O) groups is 1. The van der Waals surface area contributed by atoms with Crippen LogP contribution in [-0.4, -0.2) is 15.6 Å². The molecule has 0 atom stereocenters. The molecular weight excluding hydrogens is 238 g/mol. The number of hydrogen-bond donors (Lipinski definition) is 1. The van der Waals surface area contributed by atoms with Crippen LogP contribution in [0.1, 0.15) is 21.6 Å². The molecule has 1 heterocycles. The number of carboxylic acid groups (broad SMARTS) is 1. The Balaban J connectivity index is 2.63. The maximum Gasteiger partial charge on any atom is 0.352 e. The summed E-state index contributed by atoms with van der Waals surface area (Å²) in [7, 11) is 0. The van der Waals surface area contributed by atoms with Crippen molar-refractivity contribution in [2.24, 2.45) is 0 Å². The van der Waals surface area contributed by atoms with Gasteiger partial charge in [-0.3, -0.25) is 0 Å². The summed E-state index contributed by atoms with van der Waals surface area (Å²) in [5.41, 5.74) is 3.16. The van der Waals surface area contributed by atoms with E-state index < -0.39 is 5.97 Å². The number of aryl methyl sites for hydroxylation is 2. The summed E-state index contributed by atoms with van der Waals surface area (Å²) >= 11 is 5.86. The van der Waals surface area contributed by atoms with E-state index in [2.05, 4.69) is 0 Å². The Labute approximate surface area is 104 Å². The highest BCUT2D eigenvalue weighted by atomic mass is 35.5. The maximum atomic E-state index is 11.1. The summed E-state index contributed by atoms with van der Waals surface area (Å²) in [6.45, 7) is 3.94. The molecule has 0 unspecified atom stereocenters. The summed E-state index contributed by atoms with van der Waals surface area (Å²) in [6.07, 6.45) is 1.61. The standard InChI is InChI=1S/C13H12ClNO2/c1-8-3-4-11(9(2)5-8)15-7-10(14)6-12(15)13(16)17/h3-7H,1-2H3,(H,16,17). The molecule has 0 amide bonds. The van der Waals surface area contributed by atoms with Crippen molar-refractivity contribution in [3.8, 4) is 5.69 Å². The summed E-state index contributed by atoms with van der Waals surface area (Å²) < 4.78 is 1.60. The molecule has 0 saturated carbocycles. The molecule has 4 heteroatoms. The first-order valence-corrected chi connectivity index (χ1v) is 5.55. The summed E-state index contributed by atoms with van der Waals surface area (Å²) in [5, 5.41) is 9.53. The predicted molar refractivity (Wildman–Crippen MR) is 67.2 cm³/mol. The van der Waals surface area contributed by atoms with Gasteiger partial charge < -0.3 is 9.67 Å². The molecule has 2 rings (SSSR count). The van der Waals surface area contributed by atoms with Gasteiger partial charge in [0, 0.05) is 11.9 Å². The van der Waals surface area contributed by atoms with Crippen molar-refractivity contribution in [1.82, 2.24) is 4.57 Å². The number of aromatic carboxylic acids is 1. The summed E-state index contributed by atoms with van der Waals surface area (Å²) in [6, 6.07) is 7.30. The molecule has 0 spiro atoms. The zero-order valence-electron chi connectivity index (χ0n) is 9.57. The zero-order valence-corrected chi connectivity index (χ0v) is 10.3. The Morgan fingerprint density at radius 2 is 2.00 bits per heavy atom. The van der Waals surface area contributed by atoms with Gasteiger partial charge in [0.25, 0.3) is 0 Å². The van der Waals surface area contributed by atoms with E-state index in [0.717, 1.165) is 16.8 Å². The monoisotopic (exact) mass is 249 g/mol. The van der Waals surface area contributed by atoms with E-state index in [1.807, 2.05) is 32.0 Å². The van der Waals surface area contributed by atoms with Crippen LogP contribution in [0.25, 0.3) is 5.69 Å². The minimum atomic E-state index is -0.989. The van der Waals surface area contributed by atoms with Gasteiger partial charge >= 0.3 is 5.97 Å². The topological polar surface area (TPSA) is 42.2 Å². The molecule has 3 nitrogen and oxygen atoms in total. The second-order valence-corrected chi connectivity index (χ2v) is 4.45. The average molecular weight is 250 g/mol. The normalized spacial score (nSPS) is 10.5. The number of aromatic nitrogens is 1. The van der Waals surface area contributed by atoms with Crippen LogP contribution < -0.4 is 0 Å². The zero-order chi connectivity index (χ0) is 12.6. The smallest absolute Gasteiger partial charge is 0.352 e. The van der Waals surface area contributed by atoms with Crippen LogP contribution in [0.15, 0.2) is 30.5 Å². The molecule has 0 radical (unpaired) electrons. The number of carboxylic acids is 1. The number of hydrogen-bond acceptors (Lipinski definition) is 1. The van der Waals surface area contributed by atoms with E-state index in [1.54, 1.807) is 10.8 Å². The molecular formula is C13H12ClNO2. The molecule has 2 aromatic rings. The van der Waals surface area contributed by atoms with Crippen molar-refractivity contribution in [3.05, 3.63) is 52.3 Å². The van der Waals surface area contributed by atoms with Gasteiger partial charge in [0.2, 0.25) is 0 Å². The third-order valence-corrected chi connectivity index (χ3v) is 2.82. The highest BCUT2D eigenvalue weighted by Gasteiger charge is 2.14. The molecule has 1 N–H and O–H groups in total. The first kappa shape index (κ1) is 11.7. The van der Waals surface area contributed by atoms with Gasteiger partial charge in [-0.1, -0.05) is 29.3 Å². The Hall–Kier alpha value is -1.74. The lowest BCUT2D eigenvalue weighted by atomic mass is 10.1. The van der Waals surface area contributed by atoms with E-state index >= 15 is 0 Å². The Morgan fingerprint density at radius 1 is 1.29 bits per heavy atom.